The van der Waals surface area contributed by atoms with Crippen LogP contribution in [0, 0.1) is 11.6 Å². The zero-order valence-corrected chi connectivity index (χ0v) is 46.6. The summed E-state index contributed by atoms with van der Waals surface area (Å²) in [4.78, 5) is 75.5. The minimum absolute atomic E-state index is 0.0805. The number of nitrogens with zero attached hydrogens (tertiary/aromatic N) is 8. The van der Waals surface area contributed by atoms with Crippen molar-refractivity contribution >= 4 is 62.7 Å². The highest BCUT2D eigenvalue weighted by Gasteiger charge is 2.26. The maximum Gasteiger partial charge on any atom is 0.302 e. The van der Waals surface area contributed by atoms with Crippen molar-refractivity contribution in [3.63, 3.8) is 0 Å². The zero-order chi connectivity index (χ0) is 55.2. The van der Waals surface area contributed by atoms with Gasteiger partial charge >= 0.3 is 11.9 Å². The van der Waals surface area contributed by atoms with Crippen LogP contribution in [0.25, 0.3) is 55.4 Å². The molecule has 0 saturated carbocycles. The van der Waals surface area contributed by atoms with Gasteiger partial charge in [0, 0.05) is 66.2 Å². The van der Waals surface area contributed by atoms with E-state index in [1.54, 1.807) is 67.7 Å². The highest BCUT2D eigenvalue weighted by molar-refractivity contribution is 9.10. The summed E-state index contributed by atoms with van der Waals surface area (Å²) in [6, 6.07) is 19.8. The third-order valence-electron chi connectivity index (χ3n) is 12.5. The maximum atomic E-state index is 15.3. The molecule has 0 bridgehead atoms. The summed E-state index contributed by atoms with van der Waals surface area (Å²) in [7, 11) is 1.07. The van der Waals surface area contributed by atoms with E-state index in [0.717, 1.165) is 20.5 Å². The lowest BCUT2D eigenvalue weighted by Crippen LogP contribution is -2.50. The summed E-state index contributed by atoms with van der Waals surface area (Å²) in [5, 5.41) is 18.8. The van der Waals surface area contributed by atoms with Gasteiger partial charge in [0.2, 0.25) is 0 Å². The number of ether oxygens (including phenoxy) is 2. The van der Waals surface area contributed by atoms with Gasteiger partial charge in [0.25, 0.3) is 22.2 Å². The van der Waals surface area contributed by atoms with E-state index in [2.05, 4.69) is 56.0 Å². The highest BCUT2D eigenvalue weighted by Crippen LogP contribution is 2.32. The molecule has 0 radical (unpaired) electrons. The van der Waals surface area contributed by atoms with Crippen molar-refractivity contribution in [3.8, 4) is 33.9 Å². The smallest absolute Gasteiger partial charge is 0.302 e. The average molecular weight is 1100 g/mol. The summed E-state index contributed by atoms with van der Waals surface area (Å²) in [6.07, 6.45) is 2.91. The first-order chi connectivity index (χ1) is 35.0. The van der Waals surface area contributed by atoms with Gasteiger partial charge in [-0.25, -0.2) is 18.1 Å². The largest absolute Gasteiger partial charge is 0.461 e. The van der Waals surface area contributed by atoms with Gasteiger partial charge in [-0.15, -0.1) is 0 Å². The summed E-state index contributed by atoms with van der Waals surface area (Å²) < 4.78 is 46.1. The third-order valence-corrected chi connectivity index (χ3v) is 15.0. The zero-order valence-electron chi connectivity index (χ0n) is 44.0. The Morgan fingerprint density at radius 3 is 1.37 bits per heavy atom. The number of carbonyl (C=O) groups excluding carboxylic acids is 2. The van der Waals surface area contributed by atoms with Crippen molar-refractivity contribution in [1.29, 1.82) is 0 Å². The van der Waals surface area contributed by atoms with Crippen LogP contribution in [-0.2, 0) is 57.2 Å². The van der Waals surface area contributed by atoms with Crippen molar-refractivity contribution in [2.75, 3.05) is 0 Å². The van der Waals surface area contributed by atoms with Crippen molar-refractivity contribution in [2.24, 2.45) is 14.1 Å². The van der Waals surface area contributed by atoms with E-state index in [0.29, 0.717) is 61.0 Å². The summed E-state index contributed by atoms with van der Waals surface area (Å²) in [5.74, 6) is -2.30. The molecule has 4 aromatic heterocycles. The lowest BCUT2D eigenvalue weighted by molar-refractivity contribution is -0.143. The van der Waals surface area contributed by atoms with E-state index in [1.807, 2.05) is 41.5 Å². The molecule has 390 valence electrons. The number of carbonyl (C=O) groups is 2. The van der Waals surface area contributed by atoms with Gasteiger partial charge in [0.05, 0.1) is 58.5 Å². The molecule has 0 unspecified atom stereocenters. The highest BCUT2D eigenvalue weighted by atomic mass is 79.9. The Morgan fingerprint density at radius 1 is 0.600 bits per heavy atom. The first-order valence-electron chi connectivity index (χ1n) is 23.8. The normalized spacial score (nSPS) is 11.9. The molecule has 20 heteroatoms. The van der Waals surface area contributed by atoms with Crippen LogP contribution < -0.4 is 27.4 Å². The van der Waals surface area contributed by atoms with Crippen LogP contribution >= 0.6 is 15.9 Å². The first-order valence-corrected chi connectivity index (χ1v) is 28.1. The van der Waals surface area contributed by atoms with E-state index in [9.17, 15) is 28.8 Å². The Labute approximate surface area is 439 Å². The second-order valence-corrected chi connectivity index (χ2v) is 27.1. The lowest BCUT2D eigenvalue weighted by atomic mass is 9.86. The molecule has 4 aromatic carbocycles. The molecule has 0 N–H and O–H groups in total. The van der Waals surface area contributed by atoms with Gasteiger partial charge < -0.3 is 9.47 Å². The quantitative estimate of drug-likeness (QED) is 0.0989. The molecule has 0 aliphatic carbocycles. The molecule has 0 aliphatic heterocycles. The molecule has 16 nitrogen and oxygen atoms in total. The second-order valence-electron chi connectivity index (χ2n) is 21.2. The van der Waals surface area contributed by atoms with Crippen molar-refractivity contribution in [2.45, 2.75) is 99.1 Å². The summed E-state index contributed by atoms with van der Waals surface area (Å²) in [6.45, 7) is 20.2. The van der Waals surface area contributed by atoms with Gasteiger partial charge in [-0.2, -0.15) is 29.8 Å². The molecule has 0 fully saturated rings. The Balaban J connectivity index is 0.000000219. The third kappa shape index (κ3) is 11.6. The minimum atomic E-state index is -2.04. The number of aryl methyl sites for hydroxylation is 2. The number of hydrogen-bond donors (Lipinski definition) is 0. The summed E-state index contributed by atoms with van der Waals surface area (Å²) >= 11 is 3.24. The molecule has 75 heavy (non-hydrogen) atoms. The Hall–Kier alpha value is -7.58. The average Bonchev–Trinajstić information content (AvgIpc) is 3.31. The predicted octanol–water partition coefficient (Wildman–Crippen LogP) is 8.60. The maximum absolute atomic E-state index is 15.3. The van der Waals surface area contributed by atoms with E-state index in [1.165, 1.54) is 54.8 Å². The molecule has 8 aromatic rings. The standard InChI is InChI=1S/C29H33FN4O4Si.C26H24BrFN4O4/c1-17(35)38-16-21-20(23-14-25(39(6,7)8)27(36)33(5)32-23)10-9-11-24(21)34-28(37)26-18(15-31-34)12-19(13-22(26)30)29(2,3)4;1-14(33)36-13-18-17(21-11-19(27)24(34)31(5)30-21)7-6-8-22(18)32-25(35)23-15(12-29-32)9-16(10-20(23)28)26(2,3)4/h9-15H,16H2,1-8H3;6-12H,13H2,1-5H3. The lowest BCUT2D eigenvalue weighted by Gasteiger charge is -2.21. The SMILES string of the molecule is CC(=O)OCc1c(-c2cc(Br)c(=O)n(C)n2)cccc1-n1ncc2cc(C(C)(C)C)cc(F)c2c1=O.CC(=O)OCc1c(-c2cc([Si](C)(C)C)c(=O)n(C)n2)cccc1-n1ncc2cc(C(C)(C)C)cc(F)c2c1=O. The van der Waals surface area contributed by atoms with E-state index in [-0.39, 0.29) is 50.4 Å². The number of esters is 2. The van der Waals surface area contributed by atoms with Crippen molar-refractivity contribution in [3.05, 3.63) is 165 Å². The van der Waals surface area contributed by atoms with Crippen LogP contribution in [0.15, 0.2) is 109 Å². The number of fused-ring (bicyclic) bond motifs is 2. The fourth-order valence-electron chi connectivity index (χ4n) is 8.34. The van der Waals surface area contributed by atoms with E-state index < -0.39 is 42.8 Å². The van der Waals surface area contributed by atoms with Gasteiger partial charge in [0.15, 0.2) is 0 Å². The number of rotatable bonds is 9. The van der Waals surface area contributed by atoms with Crippen molar-refractivity contribution in [1.82, 2.24) is 39.1 Å². The van der Waals surface area contributed by atoms with Gasteiger partial charge in [-0.1, -0.05) is 85.4 Å². The number of hydrogen-bond acceptors (Lipinski definition) is 12. The first kappa shape index (κ1) is 55.2. The van der Waals surface area contributed by atoms with Gasteiger partial charge in [0.1, 0.15) is 24.8 Å². The van der Waals surface area contributed by atoms with Crippen LogP contribution in [0.4, 0.5) is 8.78 Å². The fraction of sp³-hybridized carbons (Fsp3) is 0.309. The minimum Gasteiger partial charge on any atom is -0.461 e. The topological polar surface area (TPSA) is 192 Å². The molecule has 0 saturated heterocycles. The molecule has 0 spiro atoms. The van der Waals surface area contributed by atoms with Crippen LogP contribution in [0.1, 0.15) is 77.6 Å². The summed E-state index contributed by atoms with van der Waals surface area (Å²) in [5.41, 5.74) is 2.59. The number of aromatic nitrogens is 8. The van der Waals surface area contributed by atoms with Gasteiger partial charge in [-0.05, 0) is 86.4 Å². The molecule has 0 aliphatic rings. The molecule has 8 rings (SSSR count). The van der Waals surface area contributed by atoms with Crippen LogP contribution in [0.2, 0.25) is 19.6 Å². The number of benzene rings is 4. The van der Waals surface area contributed by atoms with E-state index in [4.69, 9.17) is 9.47 Å². The van der Waals surface area contributed by atoms with Crippen LogP contribution in [-0.4, -0.2) is 59.1 Å². The Bertz CT molecular complexity index is 3840. The molecular weight excluding hydrogens is 1050 g/mol. The van der Waals surface area contributed by atoms with Crippen LogP contribution in [0.3, 0.4) is 0 Å². The van der Waals surface area contributed by atoms with Crippen molar-refractivity contribution < 1.29 is 27.8 Å². The molecule has 0 atom stereocenters. The predicted molar refractivity (Wildman–Crippen MR) is 291 cm³/mol. The Morgan fingerprint density at radius 2 is 1.00 bits per heavy atom. The van der Waals surface area contributed by atoms with Crippen LogP contribution in [0.5, 0.6) is 0 Å². The van der Waals surface area contributed by atoms with Gasteiger partial charge in [-0.3, -0.25) is 28.8 Å². The monoisotopic (exact) mass is 1100 g/mol. The molecule has 0 amide bonds. The molecular formula is C55H57BrF2N8O8Si. The fourth-order valence-corrected chi connectivity index (χ4v) is 10.2. The molecule has 4 heterocycles. The second kappa shape index (κ2) is 21.0. The van der Waals surface area contributed by atoms with E-state index >= 15 is 8.78 Å². The number of halogens is 3. The Kier molecular flexibility index (Phi) is 15.4.